The molecule has 4 nitrogen and oxygen atoms in total. The summed E-state index contributed by atoms with van der Waals surface area (Å²) in [5.41, 5.74) is 5.36. The third kappa shape index (κ3) is 2.62. The minimum Gasteiger partial charge on any atom is -0.339 e. The monoisotopic (exact) mass is 169 g/mol. The summed E-state index contributed by atoms with van der Waals surface area (Å²) in [6.45, 7) is 2.74. The highest BCUT2D eigenvalue weighted by atomic mass is 16.5. The van der Waals surface area contributed by atoms with Crippen LogP contribution >= 0.6 is 0 Å². The van der Waals surface area contributed by atoms with Crippen molar-refractivity contribution >= 4 is 0 Å². The van der Waals surface area contributed by atoms with Gasteiger partial charge in [0.1, 0.15) is 0 Å². The predicted molar refractivity (Wildman–Crippen MR) is 45.7 cm³/mol. The van der Waals surface area contributed by atoms with Gasteiger partial charge in [-0.25, -0.2) is 0 Å². The van der Waals surface area contributed by atoms with Crippen molar-refractivity contribution in [1.82, 2.24) is 10.1 Å². The molecule has 0 saturated carbocycles. The first-order valence-corrected chi connectivity index (χ1v) is 4.38. The molecule has 0 bridgehead atoms. The molecule has 1 rings (SSSR count). The molecule has 12 heavy (non-hydrogen) atoms. The second-order valence-electron chi connectivity index (χ2n) is 2.70. The van der Waals surface area contributed by atoms with E-state index in [0.717, 1.165) is 43.9 Å². The van der Waals surface area contributed by atoms with Crippen LogP contribution in [0.3, 0.4) is 0 Å². The number of nitrogens with zero attached hydrogens (tertiary/aromatic N) is 2. The van der Waals surface area contributed by atoms with Crippen LogP contribution in [-0.2, 0) is 12.8 Å². The largest absolute Gasteiger partial charge is 0.339 e. The van der Waals surface area contributed by atoms with Gasteiger partial charge >= 0.3 is 0 Å². The second-order valence-corrected chi connectivity index (χ2v) is 2.70. The van der Waals surface area contributed by atoms with Crippen molar-refractivity contribution in [2.45, 2.75) is 32.6 Å². The van der Waals surface area contributed by atoms with Gasteiger partial charge in [-0.1, -0.05) is 12.1 Å². The Morgan fingerprint density at radius 2 is 2.25 bits per heavy atom. The van der Waals surface area contributed by atoms with Crippen LogP contribution in [-0.4, -0.2) is 16.7 Å². The molecule has 1 aromatic rings. The fraction of sp³-hybridized carbons (Fsp3) is 0.750. The van der Waals surface area contributed by atoms with Crippen LogP contribution < -0.4 is 5.73 Å². The summed E-state index contributed by atoms with van der Waals surface area (Å²) in [7, 11) is 0. The number of aromatic nitrogens is 2. The zero-order valence-electron chi connectivity index (χ0n) is 7.42. The number of unbranched alkanes of at least 4 members (excludes halogenated alkanes) is 1. The van der Waals surface area contributed by atoms with Crippen molar-refractivity contribution in [3.8, 4) is 0 Å². The third-order valence-corrected chi connectivity index (χ3v) is 1.67. The van der Waals surface area contributed by atoms with Crippen LogP contribution in [0.4, 0.5) is 0 Å². The zero-order chi connectivity index (χ0) is 8.81. The Bertz CT molecular complexity index is 222. The van der Waals surface area contributed by atoms with Gasteiger partial charge in [0.25, 0.3) is 0 Å². The van der Waals surface area contributed by atoms with Gasteiger partial charge in [0, 0.05) is 12.8 Å². The molecule has 0 amide bonds. The van der Waals surface area contributed by atoms with E-state index >= 15 is 0 Å². The molecule has 4 heteroatoms. The van der Waals surface area contributed by atoms with Crippen LogP contribution in [0.2, 0.25) is 0 Å². The first-order chi connectivity index (χ1) is 5.86. The van der Waals surface area contributed by atoms with E-state index in [1.165, 1.54) is 0 Å². The van der Waals surface area contributed by atoms with Gasteiger partial charge in [-0.05, 0) is 19.4 Å². The van der Waals surface area contributed by atoms with Gasteiger partial charge in [-0.2, -0.15) is 4.98 Å². The quantitative estimate of drug-likeness (QED) is 0.665. The highest BCUT2D eigenvalue weighted by Gasteiger charge is 2.02. The van der Waals surface area contributed by atoms with E-state index in [0.29, 0.717) is 0 Å². The van der Waals surface area contributed by atoms with Crippen LogP contribution in [0.15, 0.2) is 4.52 Å². The molecule has 0 aliphatic rings. The first kappa shape index (κ1) is 9.19. The fourth-order valence-electron chi connectivity index (χ4n) is 0.956. The average molecular weight is 169 g/mol. The molecule has 0 spiro atoms. The minimum absolute atomic E-state index is 0.731. The van der Waals surface area contributed by atoms with Crippen LogP contribution in [0, 0.1) is 0 Å². The van der Waals surface area contributed by atoms with E-state index in [2.05, 4.69) is 10.1 Å². The van der Waals surface area contributed by atoms with Gasteiger partial charge in [0.2, 0.25) is 5.89 Å². The van der Waals surface area contributed by atoms with E-state index in [4.69, 9.17) is 10.3 Å². The first-order valence-electron chi connectivity index (χ1n) is 4.38. The van der Waals surface area contributed by atoms with Crippen molar-refractivity contribution < 1.29 is 4.52 Å². The van der Waals surface area contributed by atoms with E-state index in [9.17, 15) is 0 Å². The molecule has 0 saturated heterocycles. The molecule has 1 aromatic heterocycles. The Morgan fingerprint density at radius 3 is 2.83 bits per heavy atom. The molecule has 0 fully saturated rings. The Hall–Kier alpha value is -0.900. The van der Waals surface area contributed by atoms with Gasteiger partial charge in [0.05, 0.1) is 0 Å². The Balaban J connectivity index is 2.31. The van der Waals surface area contributed by atoms with E-state index in [1.54, 1.807) is 0 Å². The second kappa shape index (κ2) is 4.87. The van der Waals surface area contributed by atoms with Crippen LogP contribution in [0.1, 0.15) is 31.5 Å². The number of hydrogen-bond donors (Lipinski definition) is 1. The summed E-state index contributed by atoms with van der Waals surface area (Å²) < 4.78 is 5.00. The SMILES string of the molecule is CCc1noc(CCCCN)n1. The summed E-state index contributed by atoms with van der Waals surface area (Å²) in [6.07, 6.45) is 3.73. The molecule has 0 aliphatic carbocycles. The molecular weight excluding hydrogens is 154 g/mol. The zero-order valence-corrected chi connectivity index (χ0v) is 7.42. The van der Waals surface area contributed by atoms with Gasteiger partial charge in [-0.3, -0.25) is 0 Å². The molecule has 68 valence electrons. The van der Waals surface area contributed by atoms with Crippen molar-refractivity contribution in [2.24, 2.45) is 5.73 Å². The van der Waals surface area contributed by atoms with Crippen molar-refractivity contribution in [3.63, 3.8) is 0 Å². The van der Waals surface area contributed by atoms with Crippen LogP contribution in [0.5, 0.6) is 0 Å². The van der Waals surface area contributed by atoms with Gasteiger partial charge in [-0.15, -0.1) is 0 Å². The van der Waals surface area contributed by atoms with E-state index in [1.807, 2.05) is 6.92 Å². The average Bonchev–Trinajstić information content (AvgIpc) is 2.53. The summed E-state index contributed by atoms with van der Waals surface area (Å²) in [6, 6.07) is 0. The molecule has 0 aliphatic heterocycles. The minimum atomic E-state index is 0.731. The lowest BCUT2D eigenvalue weighted by atomic mass is 10.2. The lowest BCUT2D eigenvalue weighted by Gasteiger charge is -1.91. The molecule has 0 atom stereocenters. The van der Waals surface area contributed by atoms with Gasteiger partial charge < -0.3 is 10.3 Å². The number of hydrogen-bond acceptors (Lipinski definition) is 4. The molecule has 0 unspecified atom stereocenters. The highest BCUT2D eigenvalue weighted by Crippen LogP contribution is 2.02. The lowest BCUT2D eigenvalue weighted by Crippen LogP contribution is -1.99. The third-order valence-electron chi connectivity index (χ3n) is 1.67. The van der Waals surface area contributed by atoms with Crippen molar-refractivity contribution in [1.29, 1.82) is 0 Å². The lowest BCUT2D eigenvalue weighted by molar-refractivity contribution is 0.370. The van der Waals surface area contributed by atoms with E-state index < -0.39 is 0 Å². The summed E-state index contributed by atoms with van der Waals surface area (Å²) in [5, 5.41) is 3.80. The summed E-state index contributed by atoms with van der Waals surface area (Å²) >= 11 is 0. The molecule has 1 heterocycles. The Kier molecular flexibility index (Phi) is 3.73. The standard InChI is InChI=1S/C8H15N3O/c1-2-7-10-8(12-11-7)5-3-4-6-9/h2-6,9H2,1H3. The molecule has 2 N–H and O–H groups in total. The normalized spacial score (nSPS) is 10.5. The van der Waals surface area contributed by atoms with Crippen molar-refractivity contribution in [2.75, 3.05) is 6.54 Å². The summed E-state index contributed by atoms with van der Waals surface area (Å²) in [5.74, 6) is 1.53. The Morgan fingerprint density at radius 1 is 1.42 bits per heavy atom. The Labute approximate surface area is 72.1 Å². The van der Waals surface area contributed by atoms with E-state index in [-0.39, 0.29) is 0 Å². The summed E-state index contributed by atoms with van der Waals surface area (Å²) in [4.78, 5) is 4.18. The van der Waals surface area contributed by atoms with Crippen molar-refractivity contribution in [3.05, 3.63) is 11.7 Å². The number of rotatable bonds is 5. The van der Waals surface area contributed by atoms with Crippen LogP contribution in [0.25, 0.3) is 0 Å². The van der Waals surface area contributed by atoms with Gasteiger partial charge in [0.15, 0.2) is 5.82 Å². The molecule has 0 aromatic carbocycles. The highest BCUT2D eigenvalue weighted by molar-refractivity contribution is 4.85. The molecule has 0 radical (unpaired) electrons. The topological polar surface area (TPSA) is 64.9 Å². The maximum atomic E-state index is 5.36. The fourth-order valence-corrected chi connectivity index (χ4v) is 0.956. The maximum absolute atomic E-state index is 5.36. The predicted octanol–water partition coefficient (Wildman–Crippen LogP) is 0.913. The molecular formula is C8H15N3O. The smallest absolute Gasteiger partial charge is 0.226 e. The number of nitrogens with two attached hydrogens (primary N) is 1. The maximum Gasteiger partial charge on any atom is 0.226 e. The number of aryl methyl sites for hydroxylation is 2.